The zero-order valence-corrected chi connectivity index (χ0v) is 14.3. The summed E-state index contributed by atoms with van der Waals surface area (Å²) in [6.45, 7) is -0.0634. The number of ether oxygens (including phenoxy) is 1. The molecule has 0 aliphatic carbocycles. The predicted molar refractivity (Wildman–Crippen MR) is 91.9 cm³/mol. The van der Waals surface area contributed by atoms with Crippen LogP contribution in [-0.4, -0.2) is 72.8 Å². The van der Waals surface area contributed by atoms with Gasteiger partial charge < -0.3 is 36.5 Å². The number of carbonyl (C=O) groups excluding carboxylic acids is 2. The van der Waals surface area contributed by atoms with Gasteiger partial charge in [-0.25, -0.2) is 15.0 Å². The van der Waals surface area contributed by atoms with E-state index in [0.29, 0.717) is 17.5 Å². The Hall–Kier alpha value is -2.67. The molecule has 2 aromatic heterocycles. The number of aromatic nitrogens is 4. The van der Waals surface area contributed by atoms with Crippen molar-refractivity contribution >= 4 is 29.2 Å². The van der Waals surface area contributed by atoms with Gasteiger partial charge >= 0.3 is 0 Å². The summed E-state index contributed by atoms with van der Waals surface area (Å²) in [5.41, 5.74) is 12.1. The fraction of sp³-hybridized carbons (Fsp3) is 0.533. The summed E-state index contributed by atoms with van der Waals surface area (Å²) in [5, 5.41) is 23.1. The Bertz CT molecular complexity index is 828. The number of rotatable bonds is 7. The van der Waals surface area contributed by atoms with E-state index in [1.54, 1.807) is 0 Å². The molecule has 0 saturated carbocycles. The second kappa shape index (κ2) is 7.92. The zero-order valence-electron chi connectivity index (χ0n) is 14.3. The molecule has 27 heavy (non-hydrogen) atoms. The predicted octanol–water partition coefficient (Wildman–Crippen LogP) is -2.55. The standard InChI is InChI=1S/C15H21N7O5/c16-7(2-1-3-23)14(26)18-4-8-10(24)11(25)15(27-8)22-6-21-9-12(17)19-5-20-13(9)22/h3,5-8,10-11,15,24-25H,1-2,4,16H2,(H,18,26)(H2,17,19,20)/t7?,8-,10-,11-,15-/m1/s1. The van der Waals surface area contributed by atoms with Crippen LogP contribution in [0.2, 0.25) is 0 Å². The normalized spacial score (nSPS) is 26.2. The molecule has 1 aliphatic heterocycles. The Morgan fingerprint density at radius 3 is 2.89 bits per heavy atom. The van der Waals surface area contributed by atoms with E-state index in [2.05, 4.69) is 20.3 Å². The van der Waals surface area contributed by atoms with Crippen molar-refractivity contribution in [3.63, 3.8) is 0 Å². The Labute approximate surface area is 153 Å². The number of fused-ring (bicyclic) bond motifs is 1. The maximum Gasteiger partial charge on any atom is 0.237 e. The highest BCUT2D eigenvalue weighted by molar-refractivity contribution is 5.82. The number of nitrogens with one attached hydrogen (secondary N) is 1. The molecular formula is C15H21N7O5. The summed E-state index contributed by atoms with van der Waals surface area (Å²) in [4.78, 5) is 34.3. The summed E-state index contributed by atoms with van der Waals surface area (Å²) in [7, 11) is 0. The van der Waals surface area contributed by atoms with Crippen molar-refractivity contribution in [2.75, 3.05) is 12.3 Å². The first kappa shape index (κ1) is 19.1. The number of amides is 1. The first-order valence-corrected chi connectivity index (χ1v) is 8.35. The van der Waals surface area contributed by atoms with Crippen LogP contribution in [-0.2, 0) is 14.3 Å². The van der Waals surface area contributed by atoms with Crippen LogP contribution in [0.1, 0.15) is 19.1 Å². The number of carbonyl (C=O) groups is 2. The molecule has 3 heterocycles. The number of anilines is 1. The fourth-order valence-corrected chi connectivity index (χ4v) is 2.89. The molecular weight excluding hydrogens is 358 g/mol. The van der Waals surface area contributed by atoms with Crippen LogP contribution in [0.25, 0.3) is 11.2 Å². The second-order valence-electron chi connectivity index (χ2n) is 6.22. The number of nitrogens with zero attached hydrogens (tertiary/aromatic N) is 4. The minimum absolute atomic E-state index is 0.0634. The van der Waals surface area contributed by atoms with Crippen LogP contribution in [0.5, 0.6) is 0 Å². The molecule has 1 saturated heterocycles. The van der Waals surface area contributed by atoms with Gasteiger partial charge in [-0.3, -0.25) is 9.36 Å². The number of aliphatic hydroxyl groups is 2. The van der Waals surface area contributed by atoms with Crippen molar-refractivity contribution in [1.82, 2.24) is 24.8 Å². The van der Waals surface area contributed by atoms with E-state index in [9.17, 15) is 19.8 Å². The van der Waals surface area contributed by atoms with Gasteiger partial charge in [-0.2, -0.15) is 0 Å². The number of aldehydes is 1. The molecule has 5 atom stereocenters. The molecule has 3 rings (SSSR count). The highest BCUT2D eigenvalue weighted by Gasteiger charge is 2.44. The van der Waals surface area contributed by atoms with Gasteiger partial charge in [0, 0.05) is 13.0 Å². The molecule has 7 N–H and O–H groups in total. The van der Waals surface area contributed by atoms with Gasteiger partial charge in [0.25, 0.3) is 0 Å². The summed E-state index contributed by atoms with van der Waals surface area (Å²) < 4.78 is 7.14. The van der Waals surface area contributed by atoms with E-state index in [1.165, 1.54) is 17.2 Å². The molecule has 0 radical (unpaired) electrons. The van der Waals surface area contributed by atoms with E-state index in [4.69, 9.17) is 16.2 Å². The average Bonchev–Trinajstić information content (AvgIpc) is 3.21. The molecule has 0 aromatic carbocycles. The quantitative estimate of drug-likeness (QED) is 0.320. The molecule has 1 fully saturated rings. The Morgan fingerprint density at radius 1 is 1.37 bits per heavy atom. The lowest BCUT2D eigenvalue weighted by molar-refractivity contribution is -0.123. The maximum absolute atomic E-state index is 11.9. The Morgan fingerprint density at radius 2 is 2.15 bits per heavy atom. The van der Waals surface area contributed by atoms with Crippen molar-refractivity contribution in [2.24, 2.45) is 5.73 Å². The van der Waals surface area contributed by atoms with Gasteiger partial charge in [-0.1, -0.05) is 0 Å². The maximum atomic E-state index is 11.9. The van der Waals surface area contributed by atoms with Gasteiger partial charge in [0.05, 0.1) is 12.4 Å². The van der Waals surface area contributed by atoms with Crippen LogP contribution in [0.4, 0.5) is 5.82 Å². The van der Waals surface area contributed by atoms with E-state index in [1.807, 2.05) is 0 Å². The summed E-state index contributed by atoms with van der Waals surface area (Å²) in [6, 6.07) is -0.841. The minimum atomic E-state index is -1.27. The zero-order chi connectivity index (χ0) is 19.6. The van der Waals surface area contributed by atoms with E-state index in [-0.39, 0.29) is 25.2 Å². The molecule has 1 amide bonds. The van der Waals surface area contributed by atoms with Gasteiger partial charge in [0.1, 0.15) is 36.4 Å². The number of nitrogens with two attached hydrogens (primary N) is 2. The van der Waals surface area contributed by atoms with Crippen LogP contribution in [0, 0.1) is 0 Å². The lowest BCUT2D eigenvalue weighted by Crippen LogP contribution is -2.46. The third-order valence-electron chi connectivity index (χ3n) is 4.41. The van der Waals surface area contributed by atoms with Crippen LogP contribution in [0.3, 0.4) is 0 Å². The molecule has 12 heteroatoms. The third kappa shape index (κ3) is 3.73. The largest absolute Gasteiger partial charge is 0.387 e. The smallest absolute Gasteiger partial charge is 0.237 e. The first-order valence-electron chi connectivity index (χ1n) is 8.35. The summed E-state index contributed by atoms with van der Waals surface area (Å²) in [5.74, 6) is -0.293. The van der Waals surface area contributed by atoms with E-state index >= 15 is 0 Å². The highest BCUT2D eigenvalue weighted by atomic mass is 16.6. The van der Waals surface area contributed by atoms with Crippen LogP contribution >= 0.6 is 0 Å². The molecule has 0 spiro atoms. The number of nitrogen functional groups attached to an aromatic ring is 1. The molecule has 1 unspecified atom stereocenters. The van der Waals surface area contributed by atoms with Crippen LogP contribution in [0.15, 0.2) is 12.7 Å². The lowest BCUT2D eigenvalue weighted by Gasteiger charge is -2.17. The number of aliphatic hydroxyl groups excluding tert-OH is 2. The van der Waals surface area contributed by atoms with Crippen molar-refractivity contribution in [1.29, 1.82) is 0 Å². The van der Waals surface area contributed by atoms with Crippen molar-refractivity contribution < 1.29 is 24.5 Å². The topological polar surface area (TPSA) is 192 Å². The van der Waals surface area contributed by atoms with Crippen molar-refractivity contribution in [3.05, 3.63) is 12.7 Å². The minimum Gasteiger partial charge on any atom is -0.387 e. The van der Waals surface area contributed by atoms with E-state index < -0.39 is 36.5 Å². The van der Waals surface area contributed by atoms with Gasteiger partial charge in [0.2, 0.25) is 5.91 Å². The van der Waals surface area contributed by atoms with Crippen molar-refractivity contribution in [3.8, 4) is 0 Å². The van der Waals surface area contributed by atoms with E-state index in [0.717, 1.165) is 0 Å². The molecule has 0 bridgehead atoms. The summed E-state index contributed by atoms with van der Waals surface area (Å²) in [6.07, 6.45) is -0.647. The summed E-state index contributed by atoms with van der Waals surface area (Å²) >= 11 is 0. The average molecular weight is 379 g/mol. The third-order valence-corrected chi connectivity index (χ3v) is 4.41. The Kier molecular flexibility index (Phi) is 5.60. The van der Waals surface area contributed by atoms with Gasteiger partial charge in [0.15, 0.2) is 17.7 Å². The van der Waals surface area contributed by atoms with Gasteiger partial charge in [-0.05, 0) is 6.42 Å². The SMILES string of the molecule is Nc1ncnc2c1ncn2[C@@H]1O[C@H](CNC(=O)C(N)CCC=O)[C@@H](O)[C@H]1O. The molecule has 2 aromatic rings. The second-order valence-corrected chi connectivity index (χ2v) is 6.22. The first-order chi connectivity index (χ1) is 12.9. The highest BCUT2D eigenvalue weighted by Crippen LogP contribution is 2.31. The monoisotopic (exact) mass is 379 g/mol. The van der Waals surface area contributed by atoms with Gasteiger partial charge in [-0.15, -0.1) is 0 Å². The number of hydrogen-bond donors (Lipinski definition) is 5. The molecule has 1 aliphatic rings. The van der Waals surface area contributed by atoms with Crippen molar-refractivity contribution in [2.45, 2.75) is 43.4 Å². The number of imidazole rings is 1. The number of hydrogen-bond acceptors (Lipinski definition) is 10. The van der Waals surface area contributed by atoms with Crippen LogP contribution < -0.4 is 16.8 Å². The fourth-order valence-electron chi connectivity index (χ4n) is 2.89. The lowest BCUT2D eigenvalue weighted by atomic mass is 10.1. The Balaban J connectivity index is 1.68. The molecule has 12 nitrogen and oxygen atoms in total. The molecule has 146 valence electrons.